The van der Waals surface area contributed by atoms with Crippen molar-refractivity contribution in [2.45, 2.75) is 11.4 Å². The van der Waals surface area contributed by atoms with E-state index in [1.54, 1.807) is 0 Å². The SMILES string of the molecule is C#CC(N)(OC(N)(C#C)c1cccc2cc3ccccc3cc12)c1cccc2cc3ccccc3cc12. The van der Waals surface area contributed by atoms with Crippen molar-refractivity contribution in [1.82, 2.24) is 0 Å². The molecular weight excluding hydrogens is 452 g/mol. The van der Waals surface area contributed by atoms with Crippen molar-refractivity contribution in [3.8, 4) is 24.7 Å². The Balaban J connectivity index is 1.53. The molecule has 0 bridgehead atoms. The Morgan fingerprint density at radius 3 is 1.22 bits per heavy atom. The highest BCUT2D eigenvalue weighted by atomic mass is 16.5. The second kappa shape index (κ2) is 8.49. The number of hydrogen-bond acceptors (Lipinski definition) is 3. The van der Waals surface area contributed by atoms with Gasteiger partial charge in [0.2, 0.25) is 11.4 Å². The van der Waals surface area contributed by atoms with Crippen LogP contribution in [0.5, 0.6) is 0 Å². The zero-order valence-corrected chi connectivity index (χ0v) is 20.1. The fraction of sp³-hybridized carbons (Fsp3) is 0.0588. The van der Waals surface area contributed by atoms with Crippen molar-refractivity contribution >= 4 is 43.1 Å². The number of rotatable bonds is 4. The summed E-state index contributed by atoms with van der Waals surface area (Å²) >= 11 is 0. The minimum atomic E-state index is -1.69. The standard InChI is InChI=1S/C34H24N2O/c1-3-33(35,31-17-9-15-27-19-23-11-5-7-13-25(23)21-29(27)31)37-34(36,4-2)32-18-10-16-28-20-24-12-6-8-14-26(24)22-30(28)32/h1-2,5-22H,35-36H2. The minimum absolute atomic E-state index is 0.619. The van der Waals surface area contributed by atoms with E-state index in [2.05, 4.69) is 60.4 Å². The van der Waals surface area contributed by atoms with Gasteiger partial charge in [-0.25, -0.2) is 0 Å². The quantitative estimate of drug-likeness (QED) is 0.173. The predicted octanol–water partition coefficient (Wildman–Crippen LogP) is 6.51. The number of terminal acetylenes is 2. The van der Waals surface area contributed by atoms with E-state index >= 15 is 0 Å². The van der Waals surface area contributed by atoms with Crippen molar-refractivity contribution in [2.75, 3.05) is 0 Å². The summed E-state index contributed by atoms with van der Waals surface area (Å²) < 4.78 is 6.42. The molecule has 0 heterocycles. The minimum Gasteiger partial charge on any atom is -0.309 e. The molecule has 4 N–H and O–H groups in total. The van der Waals surface area contributed by atoms with Crippen LogP contribution in [0.1, 0.15) is 11.1 Å². The van der Waals surface area contributed by atoms with E-state index in [0.717, 1.165) is 43.1 Å². The van der Waals surface area contributed by atoms with Crippen LogP contribution in [-0.2, 0) is 16.2 Å². The van der Waals surface area contributed by atoms with Crippen LogP contribution in [-0.4, -0.2) is 0 Å². The normalized spacial score (nSPS) is 14.7. The van der Waals surface area contributed by atoms with Gasteiger partial charge in [0, 0.05) is 11.1 Å². The Bertz CT molecular complexity index is 1790. The molecule has 0 aliphatic rings. The molecule has 0 spiro atoms. The Kier molecular flexibility index (Phi) is 5.23. The lowest BCUT2D eigenvalue weighted by Gasteiger charge is -2.35. The number of ether oxygens (including phenoxy) is 1. The maximum Gasteiger partial charge on any atom is 0.210 e. The fourth-order valence-corrected chi connectivity index (χ4v) is 5.16. The van der Waals surface area contributed by atoms with E-state index < -0.39 is 11.4 Å². The highest BCUT2D eigenvalue weighted by Crippen LogP contribution is 2.37. The zero-order chi connectivity index (χ0) is 25.6. The molecule has 2 unspecified atom stereocenters. The number of hydrogen-bond donors (Lipinski definition) is 2. The number of nitrogens with two attached hydrogens (primary N) is 2. The molecule has 0 amide bonds. The third-order valence-electron chi connectivity index (χ3n) is 7.04. The average molecular weight is 477 g/mol. The lowest BCUT2D eigenvalue weighted by atomic mass is 9.92. The van der Waals surface area contributed by atoms with Gasteiger partial charge in [-0.05, 0) is 67.4 Å². The van der Waals surface area contributed by atoms with Crippen LogP contribution in [0.25, 0.3) is 43.1 Å². The van der Waals surface area contributed by atoms with Gasteiger partial charge >= 0.3 is 0 Å². The largest absolute Gasteiger partial charge is 0.309 e. The van der Waals surface area contributed by atoms with E-state index in [9.17, 15) is 0 Å². The van der Waals surface area contributed by atoms with E-state index in [4.69, 9.17) is 29.1 Å². The molecule has 3 heteroatoms. The van der Waals surface area contributed by atoms with E-state index in [1.807, 2.05) is 60.7 Å². The highest BCUT2D eigenvalue weighted by Gasteiger charge is 2.39. The van der Waals surface area contributed by atoms with Crippen LogP contribution in [0.3, 0.4) is 0 Å². The third kappa shape index (κ3) is 3.71. The van der Waals surface area contributed by atoms with Crippen molar-refractivity contribution in [1.29, 1.82) is 0 Å². The molecule has 0 saturated heterocycles. The van der Waals surface area contributed by atoms with Gasteiger partial charge in [-0.15, -0.1) is 12.8 Å². The molecule has 2 atom stereocenters. The predicted molar refractivity (Wildman–Crippen MR) is 153 cm³/mol. The summed E-state index contributed by atoms with van der Waals surface area (Å²) in [6.45, 7) is 0. The first-order valence-electron chi connectivity index (χ1n) is 12.0. The first-order chi connectivity index (χ1) is 17.9. The van der Waals surface area contributed by atoms with E-state index in [-0.39, 0.29) is 0 Å². The van der Waals surface area contributed by atoms with Crippen LogP contribution < -0.4 is 11.5 Å². The Morgan fingerprint density at radius 1 is 0.486 bits per heavy atom. The second-order valence-electron chi connectivity index (χ2n) is 9.31. The molecule has 6 aromatic carbocycles. The van der Waals surface area contributed by atoms with Gasteiger partial charge in [-0.1, -0.05) is 96.8 Å². The maximum atomic E-state index is 6.83. The highest BCUT2D eigenvalue weighted by molar-refractivity contribution is 6.01. The van der Waals surface area contributed by atoms with Crippen LogP contribution in [0, 0.1) is 24.7 Å². The van der Waals surface area contributed by atoms with Gasteiger partial charge in [-0.3, -0.25) is 11.5 Å². The summed E-state index contributed by atoms with van der Waals surface area (Å²) in [7, 11) is 0. The molecule has 6 aromatic rings. The molecule has 0 aliphatic carbocycles. The molecule has 0 aromatic heterocycles. The van der Waals surface area contributed by atoms with Gasteiger partial charge in [0.05, 0.1) is 0 Å². The summed E-state index contributed by atoms with van der Waals surface area (Å²) in [6, 6.07) is 36.2. The number of benzene rings is 6. The van der Waals surface area contributed by atoms with E-state index in [0.29, 0.717) is 11.1 Å². The Hall–Kier alpha value is -4.64. The van der Waals surface area contributed by atoms with Crippen molar-refractivity contribution < 1.29 is 4.74 Å². The molecule has 176 valence electrons. The maximum absolute atomic E-state index is 6.83. The average Bonchev–Trinajstić information content (AvgIpc) is 2.94. The summed E-state index contributed by atoms with van der Waals surface area (Å²) in [5.74, 6) is 5.30. The summed E-state index contributed by atoms with van der Waals surface area (Å²) in [4.78, 5) is 0. The first kappa shape index (κ1) is 22.8. The second-order valence-corrected chi connectivity index (χ2v) is 9.31. The Morgan fingerprint density at radius 2 is 0.838 bits per heavy atom. The van der Waals surface area contributed by atoms with Crippen molar-refractivity contribution in [2.24, 2.45) is 11.5 Å². The molecule has 0 saturated carbocycles. The molecule has 0 radical (unpaired) electrons. The van der Waals surface area contributed by atoms with Crippen LogP contribution in [0.15, 0.2) is 109 Å². The monoisotopic (exact) mass is 476 g/mol. The van der Waals surface area contributed by atoms with Crippen LogP contribution >= 0.6 is 0 Å². The summed E-state index contributed by atoms with van der Waals surface area (Å²) in [5.41, 5.74) is 11.5. The van der Waals surface area contributed by atoms with Gasteiger partial charge in [0.25, 0.3) is 0 Å². The number of fused-ring (bicyclic) bond motifs is 4. The molecule has 6 rings (SSSR count). The van der Waals surface area contributed by atoms with E-state index in [1.165, 1.54) is 0 Å². The third-order valence-corrected chi connectivity index (χ3v) is 7.04. The lowest BCUT2D eigenvalue weighted by Crippen LogP contribution is -2.50. The lowest BCUT2D eigenvalue weighted by molar-refractivity contribution is -0.0987. The van der Waals surface area contributed by atoms with Crippen molar-refractivity contribution in [3.63, 3.8) is 0 Å². The smallest absolute Gasteiger partial charge is 0.210 e. The molecule has 0 fully saturated rings. The first-order valence-corrected chi connectivity index (χ1v) is 12.0. The molecule has 0 aliphatic heterocycles. The van der Waals surface area contributed by atoms with Crippen LogP contribution in [0.2, 0.25) is 0 Å². The Labute approximate surface area is 215 Å². The van der Waals surface area contributed by atoms with Gasteiger partial charge in [0.1, 0.15) is 0 Å². The molecular formula is C34H24N2O. The van der Waals surface area contributed by atoms with Gasteiger partial charge < -0.3 is 4.74 Å². The zero-order valence-electron chi connectivity index (χ0n) is 20.1. The van der Waals surface area contributed by atoms with Crippen LogP contribution in [0.4, 0.5) is 0 Å². The van der Waals surface area contributed by atoms with Gasteiger partial charge in [0.15, 0.2) is 0 Å². The van der Waals surface area contributed by atoms with Gasteiger partial charge in [-0.2, -0.15) is 0 Å². The fourth-order valence-electron chi connectivity index (χ4n) is 5.16. The van der Waals surface area contributed by atoms with Crippen molar-refractivity contribution in [3.05, 3.63) is 120 Å². The summed E-state index contributed by atoms with van der Waals surface area (Å²) in [5, 5.41) is 8.12. The molecule has 3 nitrogen and oxygen atoms in total. The summed E-state index contributed by atoms with van der Waals surface area (Å²) in [6.07, 6.45) is 12.1. The molecule has 37 heavy (non-hydrogen) atoms. The topological polar surface area (TPSA) is 61.3 Å².